The number of ether oxygens (including phenoxy) is 1. The van der Waals surface area contributed by atoms with Gasteiger partial charge < -0.3 is 19.0 Å². The Kier molecular flexibility index (Phi) is 8.55. The molecule has 4 aromatic rings. The number of halogens is 3. The average molecular weight is 693 g/mol. The van der Waals surface area contributed by atoms with Crippen molar-refractivity contribution in [3.8, 4) is 11.3 Å². The largest absolute Gasteiger partial charge is 0.760 e. The highest BCUT2D eigenvalue weighted by atomic mass is 127. The summed E-state index contributed by atoms with van der Waals surface area (Å²) >= 11 is -0.600. The van der Waals surface area contributed by atoms with Crippen molar-refractivity contribution < 1.29 is 36.3 Å². The summed E-state index contributed by atoms with van der Waals surface area (Å²) in [5, 5.41) is 3.07. The number of hydrogen-bond donors (Lipinski definition) is 1. The van der Waals surface area contributed by atoms with E-state index in [2.05, 4.69) is 5.32 Å². The maximum Gasteiger partial charge on any atom is 0.338 e. The topological polar surface area (TPSA) is 112 Å². The van der Waals surface area contributed by atoms with Crippen molar-refractivity contribution in [2.24, 2.45) is 0 Å². The fourth-order valence-corrected chi connectivity index (χ4v) is 5.85. The molecule has 0 radical (unpaired) electrons. The van der Waals surface area contributed by atoms with E-state index in [0.717, 1.165) is 30.5 Å². The molecule has 1 fully saturated rings. The second-order valence-corrected chi connectivity index (χ2v) is 11.8. The van der Waals surface area contributed by atoms with Crippen LogP contribution in [-0.2, 0) is 29.1 Å². The third-order valence-electron chi connectivity index (χ3n) is 6.96. The molecule has 1 aliphatic carbocycles. The van der Waals surface area contributed by atoms with Gasteiger partial charge in [-0.05, 0) is 101 Å². The van der Waals surface area contributed by atoms with Gasteiger partial charge in [0.05, 0.1) is 18.2 Å². The highest BCUT2D eigenvalue weighted by molar-refractivity contribution is 14.1. The maximum atomic E-state index is 14.1. The predicted molar refractivity (Wildman–Crippen MR) is 156 cm³/mol. The molecule has 0 bridgehead atoms. The monoisotopic (exact) mass is 693 g/mol. The fraction of sp³-hybridized carbons (Fsp3) is 0.241. The lowest BCUT2D eigenvalue weighted by Gasteiger charge is -2.26. The highest BCUT2D eigenvalue weighted by Crippen LogP contribution is 2.45. The summed E-state index contributed by atoms with van der Waals surface area (Å²) in [5.74, 6) is -2.82. The van der Waals surface area contributed by atoms with Crippen molar-refractivity contribution in [1.29, 1.82) is 0 Å². The SMILES string of the molecule is CNC(=O)c1c(-c2ccc(F)c(F)c2)oc2cc(CN(Cc3ccc(I)c(C(=O)OC)c3)S(=O)[O-])c(C3CC3)cc12. The van der Waals surface area contributed by atoms with E-state index in [1.54, 1.807) is 24.3 Å². The number of carbonyl (C=O) groups is 2. The van der Waals surface area contributed by atoms with E-state index in [1.165, 1.54) is 24.5 Å². The van der Waals surface area contributed by atoms with Gasteiger partial charge in [0.1, 0.15) is 11.3 Å². The van der Waals surface area contributed by atoms with E-state index >= 15 is 0 Å². The van der Waals surface area contributed by atoms with Crippen LogP contribution in [0.1, 0.15) is 56.2 Å². The first-order valence-corrected chi connectivity index (χ1v) is 14.7. The number of rotatable bonds is 9. The third kappa shape index (κ3) is 6.05. The van der Waals surface area contributed by atoms with Crippen LogP contribution in [0.5, 0.6) is 0 Å². The Labute approximate surface area is 250 Å². The van der Waals surface area contributed by atoms with Gasteiger partial charge in [-0.3, -0.25) is 9.00 Å². The van der Waals surface area contributed by atoms with Crippen LogP contribution in [0.3, 0.4) is 0 Å². The Hall–Kier alpha value is -3.20. The molecular formula is C29H24F2IN2O6S-. The molecule has 1 aliphatic rings. The minimum absolute atomic E-state index is 0.000914. The van der Waals surface area contributed by atoms with Gasteiger partial charge in [0.25, 0.3) is 5.91 Å². The molecule has 12 heteroatoms. The first kappa shape index (κ1) is 29.3. The van der Waals surface area contributed by atoms with E-state index in [4.69, 9.17) is 9.15 Å². The standard InChI is InChI=1S/C29H25F2IN2O6S/c1-33-28(35)26-21-12-19(16-4-5-16)18(11-25(21)40-27(26)17-6-7-22(30)23(31)10-17)14-34(41(37)38)13-15-3-8-24(32)20(9-15)29(36)39-2/h3,6-12,16H,4-5,13-14H2,1-2H3,(H,33,35)(H,37,38)/p-1. The smallest absolute Gasteiger partial charge is 0.338 e. The molecule has 1 aromatic heterocycles. The van der Waals surface area contributed by atoms with Gasteiger partial charge >= 0.3 is 5.97 Å². The minimum Gasteiger partial charge on any atom is -0.760 e. The van der Waals surface area contributed by atoms with Gasteiger partial charge in [-0.2, -0.15) is 0 Å². The number of amides is 1. The molecule has 0 spiro atoms. The molecule has 1 heterocycles. The molecule has 1 amide bonds. The Balaban J connectivity index is 1.57. The zero-order chi connectivity index (χ0) is 29.4. The molecule has 0 aliphatic heterocycles. The molecule has 5 rings (SSSR count). The van der Waals surface area contributed by atoms with Crippen LogP contribution in [0.25, 0.3) is 22.3 Å². The van der Waals surface area contributed by atoms with Crippen molar-refractivity contribution in [2.75, 3.05) is 14.2 Å². The summed E-state index contributed by atoms with van der Waals surface area (Å²) in [4.78, 5) is 25.1. The van der Waals surface area contributed by atoms with Crippen molar-refractivity contribution in [1.82, 2.24) is 9.62 Å². The summed E-state index contributed by atoms with van der Waals surface area (Å²) in [6.45, 7) is 0.00880. The summed E-state index contributed by atoms with van der Waals surface area (Å²) in [7, 11) is 2.74. The van der Waals surface area contributed by atoms with E-state index < -0.39 is 34.8 Å². The number of nitrogens with zero attached hydrogens (tertiary/aromatic N) is 1. The minimum atomic E-state index is -2.61. The van der Waals surface area contributed by atoms with Crippen LogP contribution in [0.15, 0.2) is 52.9 Å². The van der Waals surface area contributed by atoms with Gasteiger partial charge in [0.15, 0.2) is 11.6 Å². The van der Waals surface area contributed by atoms with E-state index in [0.29, 0.717) is 31.2 Å². The molecule has 0 saturated heterocycles. The number of hydrogen-bond acceptors (Lipinski definition) is 6. The van der Waals surface area contributed by atoms with Crippen LogP contribution in [0.4, 0.5) is 8.78 Å². The van der Waals surface area contributed by atoms with Crippen LogP contribution in [0, 0.1) is 15.2 Å². The van der Waals surface area contributed by atoms with Gasteiger partial charge in [0, 0.05) is 45.9 Å². The Morgan fingerprint density at radius 3 is 2.51 bits per heavy atom. The first-order valence-electron chi connectivity index (χ1n) is 12.6. The fourth-order valence-electron chi connectivity index (χ4n) is 4.80. The zero-order valence-corrected chi connectivity index (χ0v) is 24.9. The van der Waals surface area contributed by atoms with Crippen molar-refractivity contribution >= 4 is 56.7 Å². The molecular weight excluding hydrogens is 669 g/mol. The molecule has 214 valence electrons. The lowest BCUT2D eigenvalue weighted by Crippen LogP contribution is -2.25. The number of esters is 1. The summed E-state index contributed by atoms with van der Waals surface area (Å²) in [6, 6.07) is 11.9. The molecule has 41 heavy (non-hydrogen) atoms. The van der Waals surface area contributed by atoms with Gasteiger partial charge in [-0.25, -0.2) is 17.9 Å². The molecule has 1 N–H and O–H groups in total. The highest BCUT2D eigenvalue weighted by Gasteiger charge is 2.30. The second kappa shape index (κ2) is 12.0. The molecule has 1 unspecified atom stereocenters. The van der Waals surface area contributed by atoms with Crippen molar-refractivity contribution in [2.45, 2.75) is 31.8 Å². The molecule has 8 nitrogen and oxygen atoms in total. The summed E-state index contributed by atoms with van der Waals surface area (Å²) < 4.78 is 65.2. The number of benzene rings is 3. The first-order chi connectivity index (χ1) is 19.6. The Morgan fingerprint density at radius 2 is 1.88 bits per heavy atom. The lowest BCUT2D eigenvalue weighted by molar-refractivity contribution is 0.0599. The van der Waals surface area contributed by atoms with Gasteiger partial charge in [-0.15, -0.1) is 0 Å². The molecule has 3 aromatic carbocycles. The predicted octanol–water partition coefficient (Wildman–Crippen LogP) is 5.80. The average Bonchev–Trinajstić information content (AvgIpc) is 3.74. The van der Waals surface area contributed by atoms with E-state index in [1.807, 2.05) is 28.7 Å². The lowest BCUT2D eigenvalue weighted by atomic mass is 9.97. The zero-order valence-electron chi connectivity index (χ0n) is 22.0. The van der Waals surface area contributed by atoms with Crippen molar-refractivity contribution in [3.63, 3.8) is 0 Å². The number of furan rings is 1. The number of carbonyl (C=O) groups excluding carboxylic acids is 2. The summed E-state index contributed by atoms with van der Waals surface area (Å²) in [6.07, 6.45) is 1.81. The second-order valence-electron chi connectivity index (χ2n) is 9.66. The van der Waals surface area contributed by atoms with Gasteiger partial charge in [-0.1, -0.05) is 6.07 Å². The van der Waals surface area contributed by atoms with E-state index in [-0.39, 0.29) is 35.9 Å². The van der Waals surface area contributed by atoms with Crippen LogP contribution in [0.2, 0.25) is 0 Å². The van der Waals surface area contributed by atoms with Crippen molar-refractivity contribution in [3.05, 3.63) is 91.6 Å². The number of methoxy groups -OCH3 is 1. The normalized spacial score (nSPS) is 13.9. The Bertz CT molecular complexity index is 1700. The number of nitrogens with one attached hydrogen (secondary N) is 1. The van der Waals surface area contributed by atoms with Crippen LogP contribution >= 0.6 is 22.6 Å². The van der Waals surface area contributed by atoms with E-state index in [9.17, 15) is 27.1 Å². The third-order valence-corrected chi connectivity index (χ3v) is 8.58. The summed E-state index contributed by atoms with van der Waals surface area (Å²) in [5.41, 5.74) is 3.19. The van der Waals surface area contributed by atoms with Crippen LogP contribution < -0.4 is 5.32 Å². The molecule has 1 saturated carbocycles. The quantitative estimate of drug-likeness (QED) is 0.135. The van der Waals surface area contributed by atoms with Gasteiger partial charge in [0.2, 0.25) is 0 Å². The Morgan fingerprint density at radius 1 is 1.12 bits per heavy atom. The maximum absolute atomic E-state index is 14.1. The van der Waals surface area contributed by atoms with Crippen LogP contribution in [-0.4, -0.2) is 39.1 Å². The number of fused-ring (bicyclic) bond motifs is 1. The molecule has 1 atom stereocenters.